The average molecular weight is 244 g/mol. The van der Waals surface area contributed by atoms with Gasteiger partial charge in [0.1, 0.15) is 6.04 Å². The number of hydrogen-bond donors (Lipinski definition) is 5. The maximum atomic E-state index is 10.3. The molecule has 14 heavy (non-hydrogen) atoms. The van der Waals surface area contributed by atoms with E-state index in [0.717, 1.165) is 0 Å². The Kier molecular flexibility index (Phi) is 10.0. The lowest BCUT2D eigenvalue weighted by atomic mass is 10.3. The van der Waals surface area contributed by atoms with Crippen LogP contribution in [0.3, 0.4) is 0 Å². The van der Waals surface area contributed by atoms with Crippen molar-refractivity contribution in [2.45, 2.75) is 13.0 Å². The van der Waals surface area contributed by atoms with Gasteiger partial charge in [0.25, 0.3) is 0 Å². The van der Waals surface area contributed by atoms with Crippen molar-refractivity contribution in [2.24, 2.45) is 0 Å². The molecular formula is C5H11NO6PS+. The smallest absolute Gasteiger partial charge is 0.480 e. The Balaban J connectivity index is 0. The zero-order chi connectivity index (χ0) is 11.7. The Morgan fingerprint density at radius 3 is 1.93 bits per heavy atom. The minimum absolute atomic E-state index is 0.106. The minimum atomic E-state index is -2.87. The summed E-state index contributed by atoms with van der Waals surface area (Å²) >= 11 is 3.73. The van der Waals surface area contributed by atoms with E-state index in [1.54, 1.807) is 0 Å². The molecule has 1 amide bonds. The minimum Gasteiger partial charge on any atom is -0.480 e. The molecule has 0 aliphatic carbocycles. The van der Waals surface area contributed by atoms with Crippen molar-refractivity contribution < 1.29 is 29.0 Å². The first-order valence-electron chi connectivity index (χ1n) is 3.27. The van der Waals surface area contributed by atoms with E-state index in [0.29, 0.717) is 0 Å². The van der Waals surface area contributed by atoms with E-state index in [9.17, 15) is 9.59 Å². The number of carboxylic acids is 1. The predicted octanol–water partition coefficient (Wildman–Crippen LogP) is -0.866. The van der Waals surface area contributed by atoms with Crippen molar-refractivity contribution in [3.63, 3.8) is 0 Å². The van der Waals surface area contributed by atoms with Crippen molar-refractivity contribution in [3.8, 4) is 0 Å². The lowest BCUT2D eigenvalue weighted by Crippen LogP contribution is -2.40. The van der Waals surface area contributed by atoms with Crippen molar-refractivity contribution in [3.05, 3.63) is 0 Å². The summed E-state index contributed by atoms with van der Waals surface area (Å²) in [6, 6.07) is -0.874. The highest BCUT2D eigenvalue weighted by Gasteiger charge is 2.15. The summed E-state index contributed by atoms with van der Waals surface area (Å²) < 4.78 is 8.70. The molecule has 4 N–H and O–H groups in total. The maximum absolute atomic E-state index is 10.3. The molecule has 0 heterocycles. The van der Waals surface area contributed by atoms with Crippen LogP contribution in [0.4, 0.5) is 0 Å². The fourth-order valence-corrected chi connectivity index (χ4v) is 0.678. The molecule has 0 radical (unpaired) electrons. The van der Waals surface area contributed by atoms with Gasteiger partial charge in [-0.15, -0.1) is 9.79 Å². The monoisotopic (exact) mass is 244 g/mol. The van der Waals surface area contributed by atoms with Gasteiger partial charge in [0.15, 0.2) is 0 Å². The van der Waals surface area contributed by atoms with Crippen LogP contribution in [0.5, 0.6) is 0 Å². The Bertz CT molecular complexity index is 218. The topological polar surface area (TPSA) is 124 Å². The average Bonchev–Trinajstić information content (AvgIpc) is 1.98. The second-order valence-corrected chi connectivity index (χ2v) is 2.90. The summed E-state index contributed by atoms with van der Waals surface area (Å²) in [5.41, 5.74) is 0. The molecule has 0 bridgehead atoms. The molecule has 0 aromatic carbocycles. The molecule has 0 spiro atoms. The van der Waals surface area contributed by atoms with Crippen molar-refractivity contribution in [2.75, 3.05) is 5.75 Å². The first kappa shape index (κ1) is 15.8. The second-order valence-electron chi connectivity index (χ2n) is 2.03. The fourth-order valence-electron chi connectivity index (χ4n) is 0.431. The van der Waals surface area contributed by atoms with Crippen LogP contribution in [-0.2, 0) is 14.2 Å². The van der Waals surface area contributed by atoms with Gasteiger partial charge in [-0.3, -0.25) is 4.79 Å². The normalized spacial score (nSPS) is 10.6. The van der Waals surface area contributed by atoms with Crippen LogP contribution in [0, 0.1) is 0 Å². The summed E-state index contributed by atoms with van der Waals surface area (Å²) in [6.45, 7) is 1.26. The molecule has 0 saturated carbocycles. The zero-order valence-electron chi connectivity index (χ0n) is 7.25. The van der Waals surface area contributed by atoms with Gasteiger partial charge in [-0.1, -0.05) is 0 Å². The number of amides is 1. The van der Waals surface area contributed by atoms with E-state index >= 15 is 0 Å². The van der Waals surface area contributed by atoms with Crippen LogP contribution in [0.25, 0.3) is 0 Å². The van der Waals surface area contributed by atoms with E-state index in [1.807, 2.05) is 0 Å². The molecule has 0 aliphatic rings. The quantitative estimate of drug-likeness (QED) is 0.325. The molecular weight excluding hydrogens is 233 g/mol. The van der Waals surface area contributed by atoms with Crippen LogP contribution < -0.4 is 5.32 Å². The molecule has 0 aliphatic heterocycles. The first-order valence-corrected chi connectivity index (χ1v) is 5.06. The van der Waals surface area contributed by atoms with E-state index < -0.39 is 20.3 Å². The third-order valence-electron chi connectivity index (χ3n) is 0.858. The largest absolute Gasteiger partial charge is 0.692 e. The van der Waals surface area contributed by atoms with Gasteiger partial charge in [0.2, 0.25) is 5.91 Å². The van der Waals surface area contributed by atoms with Crippen molar-refractivity contribution in [1.29, 1.82) is 0 Å². The number of thiol groups is 1. The Labute approximate surface area is 86.5 Å². The Morgan fingerprint density at radius 1 is 1.50 bits per heavy atom. The SMILES string of the molecule is CC(=O)N[C@@H](CS)C(=O)O.O=[P+](O)O. The van der Waals surface area contributed by atoms with Gasteiger partial charge in [0.05, 0.1) is 0 Å². The predicted molar refractivity (Wildman–Crippen MR) is 51.1 cm³/mol. The lowest BCUT2D eigenvalue weighted by Gasteiger charge is -2.08. The maximum Gasteiger partial charge on any atom is 0.692 e. The van der Waals surface area contributed by atoms with Crippen LogP contribution in [0.15, 0.2) is 0 Å². The summed E-state index contributed by atoms with van der Waals surface area (Å²) in [6.07, 6.45) is 0. The molecule has 9 heteroatoms. The first-order chi connectivity index (χ1) is 6.31. The lowest BCUT2D eigenvalue weighted by molar-refractivity contribution is -0.140. The van der Waals surface area contributed by atoms with E-state index in [-0.39, 0.29) is 11.7 Å². The molecule has 0 unspecified atom stereocenters. The summed E-state index contributed by atoms with van der Waals surface area (Å²) in [5.74, 6) is -1.32. The highest BCUT2D eigenvalue weighted by atomic mass is 32.1. The Hall–Kier alpha value is -0.690. The molecule has 0 saturated heterocycles. The van der Waals surface area contributed by atoms with Gasteiger partial charge >= 0.3 is 14.2 Å². The summed E-state index contributed by atoms with van der Waals surface area (Å²) in [7, 11) is -2.87. The second kappa shape index (κ2) is 8.89. The third-order valence-corrected chi connectivity index (χ3v) is 1.22. The fraction of sp³-hybridized carbons (Fsp3) is 0.600. The van der Waals surface area contributed by atoms with Crippen LogP contribution in [-0.4, -0.2) is 38.6 Å². The van der Waals surface area contributed by atoms with Crippen LogP contribution >= 0.6 is 20.9 Å². The summed E-state index contributed by atoms with van der Waals surface area (Å²) in [5, 5.41) is 10.6. The zero-order valence-corrected chi connectivity index (χ0v) is 9.03. The van der Waals surface area contributed by atoms with Crippen LogP contribution in [0.1, 0.15) is 6.92 Å². The van der Waals surface area contributed by atoms with E-state index in [1.165, 1.54) is 6.92 Å². The summed E-state index contributed by atoms with van der Waals surface area (Å²) in [4.78, 5) is 34.8. The molecule has 82 valence electrons. The van der Waals surface area contributed by atoms with Gasteiger partial charge in [-0.05, 0) is 0 Å². The number of carboxylic acid groups (broad SMARTS) is 1. The third kappa shape index (κ3) is 13.9. The number of nitrogens with one attached hydrogen (secondary N) is 1. The van der Waals surface area contributed by atoms with E-state index in [2.05, 4.69) is 17.9 Å². The van der Waals surface area contributed by atoms with Gasteiger partial charge in [-0.2, -0.15) is 12.6 Å². The van der Waals surface area contributed by atoms with Gasteiger partial charge in [0, 0.05) is 17.2 Å². The molecule has 0 fully saturated rings. The number of carbonyl (C=O) groups excluding carboxylic acids is 1. The van der Waals surface area contributed by atoms with Gasteiger partial charge < -0.3 is 10.4 Å². The van der Waals surface area contributed by atoms with Gasteiger partial charge in [-0.25, -0.2) is 4.79 Å². The standard InChI is InChI=1S/C5H9NO3S.HO3P/c1-3(7)6-4(2-10)5(8)9;1-4(2)3/h4,10H,2H2,1H3,(H,6,7)(H,8,9);(H-,1,2,3)/p+1/t4-;/m0./s1. The Morgan fingerprint density at radius 2 is 1.86 bits per heavy atom. The molecule has 7 nitrogen and oxygen atoms in total. The molecule has 0 aromatic heterocycles. The number of carbonyl (C=O) groups is 2. The number of aliphatic carboxylic acids is 1. The van der Waals surface area contributed by atoms with E-state index in [4.69, 9.17) is 19.5 Å². The highest BCUT2D eigenvalue weighted by Crippen LogP contribution is 1.98. The number of hydrogen-bond acceptors (Lipinski definition) is 4. The highest BCUT2D eigenvalue weighted by molar-refractivity contribution is 7.80. The number of rotatable bonds is 3. The van der Waals surface area contributed by atoms with Crippen molar-refractivity contribution >= 4 is 32.8 Å². The molecule has 1 atom stereocenters. The van der Waals surface area contributed by atoms with Crippen LogP contribution in [0.2, 0.25) is 0 Å². The molecule has 0 rings (SSSR count). The molecule has 0 aromatic rings. The van der Waals surface area contributed by atoms with Crippen molar-refractivity contribution in [1.82, 2.24) is 5.32 Å².